The number of aromatic nitrogens is 1. The number of phenols is 1. The maximum Gasteiger partial charge on any atom is 0.410 e. The maximum atomic E-state index is 14.8. The lowest BCUT2D eigenvalue weighted by Crippen LogP contribution is -2.33. The number of benzene rings is 2. The maximum absolute atomic E-state index is 14.8. The fourth-order valence-electron chi connectivity index (χ4n) is 3.36. The van der Waals surface area contributed by atoms with Gasteiger partial charge in [0.25, 0.3) is 10.0 Å². The Hall–Kier alpha value is -3.53. The van der Waals surface area contributed by atoms with Crippen molar-refractivity contribution in [2.75, 3.05) is 14.2 Å². The van der Waals surface area contributed by atoms with Crippen LogP contribution in [0, 0.1) is 5.82 Å². The normalized spacial score (nSPS) is 11.8. The van der Waals surface area contributed by atoms with Gasteiger partial charge in [-0.3, -0.25) is 0 Å². The van der Waals surface area contributed by atoms with Crippen molar-refractivity contribution in [1.29, 1.82) is 0 Å². The van der Waals surface area contributed by atoms with Crippen molar-refractivity contribution in [3.63, 3.8) is 0 Å². The minimum Gasteiger partial charge on any atom is -0.508 e. The van der Waals surface area contributed by atoms with Gasteiger partial charge in [0.05, 0.1) is 18.6 Å². The number of nitrogens with zero attached hydrogens (tertiary/aromatic N) is 2. The molecule has 34 heavy (non-hydrogen) atoms. The Morgan fingerprint density at radius 2 is 1.82 bits per heavy atom. The Kier molecular flexibility index (Phi) is 6.92. The van der Waals surface area contributed by atoms with Gasteiger partial charge in [-0.25, -0.2) is 21.6 Å². The fraction of sp³-hybridized carbons (Fsp3) is 0.292. The molecule has 0 bridgehead atoms. The molecular formula is C24H27FN2O6S. The Morgan fingerprint density at radius 1 is 1.15 bits per heavy atom. The second-order valence-corrected chi connectivity index (χ2v) is 10.5. The van der Waals surface area contributed by atoms with Crippen LogP contribution in [-0.4, -0.2) is 48.2 Å². The number of halogens is 1. The van der Waals surface area contributed by atoms with Gasteiger partial charge in [0.15, 0.2) is 5.75 Å². The molecule has 0 spiro atoms. The van der Waals surface area contributed by atoms with Crippen molar-refractivity contribution in [2.45, 2.75) is 37.8 Å². The highest BCUT2D eigenvalue weighted by Gasteiger charge is 2.30. The highest BCUT2D eigenvalue weighted by atomic mass is 32.2. The molecule has 0 fully saturated rings. The molecule has 0 unspecified atom stereocenters. The van der Waals surface area contributed by atoms with Gasteiger partial charge in [0.2, 0.25) is 0 Å². The third-order valence-corrected chi connectivity index (χ3v) is 6.48. The second-order valence-electron chi connectivity index (χ2n) is 8.65. The molecule has 3 aromatic rings. The summed E-state index contributed by atoms with van der Waals surface area (Å²) in [6.45, 7) is 5.12. The SMILES string of the molecule is COc1c(CN(C)C(=O)OC(C)(C)C)cn(S(=O)(=O)c2cccc(O)c2)c1-c1ccccc1F. The van der Waals surface area contributed by atoms with Gasteiger partial charge in [-0.15, -0.1) is 0 Å². The minimum absolute atomic E-state index is 0.00532. The first-order valence-electron chi connectivity index (χ1n) is 10.4. The lowest BCUT2D eigenvalue weighted by molar-refractivity contribution is 0.0284. The van der Waals surface area contributed by atoms with E-state index in [1.807, 2.05) is 0 Å². The van der Waals surface area contributed by atoms with Crippen LogP contribution < -0.4 is 4.74 Å². The summed E-state index contributed by atoms with van der Waals surface area (Å²) in [5.74, 6) is -0.805. The first-order valence-corrected chi connectivity index (χ1v) is 11.8. The van der Waals surface area contributed by atoms with Gasteiger partial charge in [-0.1, -0.05) is 18.2 Å². The number of phenolic OH excluding ortho intramolecular Hbond substituents is 1. The standard InChI is InChI=1S/C24H27FN2O6S/c1-24(2,3)33-23(29)26(4)14-16-15-27(34(30,31)18-10-8-9-17(28)13-18)21(22(16)32-5)19-11-6-7-12-20(19)25/h6-13,15,28H,14H2,1-5H3. The van der Waals surface area contributed by atoms with E-state index < -0.39 is 27.5 Å². The van der Waals surface area contributed by atoms with Gasteiger partial charge >= 0.3 is 6.09 Å². The van der Waals surface area contributed by atoms with E-state index in [0.29, 0.717) is 5.56 Å². The summed E-state index contributed by atoms with van der Waals surface area (Å²) in [6, 6.07) is 10.8. The third-order valence-electron chi connectivity index (χ3n) is 4.82. The molecule has 0 aliphatic rings. The monoisotopic (exact) mass is 490 g/mol. The van der Waals surface area contributed by atoms with Gasteiger partial charge < -0.3 is 19.5 Å². The van der Waals surface area contributed by atoms with E-state index in [1.165, 1.54) is 61.7 Å². The van der Waals surface area contributed by atoms with Crippen LogP contribution in [0.15, 0.2) is 59.6 Å². The van der Waals surface area contributed by atoms with Crippen LogP contribution in [0.1, 0.15) is 26.3 Å². The molecule has 182 valence electrons. The number of amides is 1. The largest absolute Gasteiger partial charge is 0.508 e. The highest BCUT2D eigenvalue weighted by molar-refractivity contribution is 7.90. The van der Waals surface area contributed by atoms with Gasteiger partial charge in [0, 0.05) is 30.4 Å². The van der Waals surface area contributed by atoms with Crippen molar-refractivity contribution in [1.82, 2.24) is 8.87 Å². The number of carbonyl (C=O) groups is 1. The number of ether oxygens (including phenoxy) is 2. The van der Waals surface area contributed by atoms with Crippen LogP contribution in [0.25, 0.3) is 11.3 Å². The van der Waals surface area contributed by atoms with E-state index in [-0.39, 0.29) is 34.2 Å². The Balaban J connectivity index is 2.20. The summed E-state index contributed by atoms with van der Waals surface area (Å²) in [7, 11) is -1.45. The summed E-state index contributed by atoms with van der Waals surface area (Å²) in [5, 5.41) is 9.82. The zero-order valence-corrected chi connectivity index (χ0v) is 20.4. The van der Waals surface area contributed by atoms with Crippen molar-refractivity contribution < 1.29 is 32.2 Å². The smallest absolute Gasteiger partial charge is 0.410 e. The first-order chi connectivity index (χ1) is 15.8. The van der Waals surface area contributed by atoms with Crippen LogP contribution in [0.5, 0.6) is 11.5 Å². The molecule has 0 saturated heterocycles. The van der Waals surface area contributed by atoms with E-state index >= 15 is 0 Å². The molecule has 10 heteroatoms. The zero-order valence-electron chi connectivity index (χ0n) is 19.6. The zero-order chi connectivity index (χ0) is 25.3. The predicted octanol–water partition coefficient (Wildman–Crippen LogP) is 4.61. The summed E-state index contributed by atoms with van der Waals surface area (Å²) < 4.78 is 53.7. The Labute approximate surface area is 198 Å². The number of carbonyl (C=O) groups excluding carboxylic acids is 1. The first kappa shape index (κ1) is 25.1. The van der Waals surface area contributed by atoms with Gasteiger partial charge in [-0.2, -0.15) is 0 Å². The fourth-order valence-corrected chi connectivity index (χ4v) is 4.79. The van der Waals surface area contributed by atoms with Crippen LogP contribution in [0.3, 0.4) is 0 Å². The minimum atomic E-state index is -4.28. The molecule has 0 radical (unpaired) electrons. The Bertz CT molecular complexity index is 1310. The molecule has 0 aliphatic carbocycles. The molecule has 8 nitrogen and oxygen atoms in total. The Morgan fingerprint density at radius 3 is 2.41 bits per heavy atom. The van der Waals surface area contributed by atoms with E-state index in [9.17, 15) is 22.7 Å². The van der Waals surface area contributed by atoms with E-state index in [0.717, 1.165) is 10.0 Å². The molecule has 1 heterocycles. The number of rotatable bonds is 6. The van der Waals surface area contributed by atoms with E-state index in [2.05, 4.69) is 0 Å². The molecule has 3 rings (SSSR count). The van der Waals surface area contributed by atoms with Crippen LogP contribution >= 0.6 is 0 Å². The average molecular weight is 491 g/mol. The molecule has 0 atom stereocenters. The van der Waals surface area contributed by atoms with Crippen molar-refractivity contribution >= 4 is 16.1 Å². The number of methoxy groups -OCH3 is 1. The molecule has 0 aliphatic heterocycles. The van der Waals surface area contributed by atoms with E-state index in [4.69, 9.17) is 9.47 Å². The molecule has 1 amide bonds. The third kappa shape index (κ3) is 5.17. The van der Waals surface area contributed by atoms with Gasteiger partial charge in [0.1, 0.15) is 22.9 Å². The average Bonchev–Trinajstić information content (AvgIpc) is 3.11. The summed E-state index contributed by atoms with van der Waals surface area (Å²) >= 11 is 0. The molecule has 1 aromatic heterocycles. The number of hydrogen-bond acceptors (Lipinski definition) is 6. The summed E-state index contributed by atoms with van der Waals surface area (Å²) in [4.78, 5) is 13.5. The molecular weight excluding hydrogens is 463 g/mol. The summed E-state index contributed by atoms with van der Waals surface area (Å²) in [5.41, 5.74) is -0.457. The van der Waals surface area contributed by atoms with Crippen LogP contribution in [-0.2, 0) is 21.3 Å². The van der Waals surface area contributed by atoms with Crippen LogP contribution in [0.4, 0.5) is 9.18 Å². The van der Waals surface area contributed by atoms with Crippen molar-refractivity contribution in [3.05, 3.63) is 66.1 Å². The lowest BCUT2D eigenvalue weighted by atomic mass is 10.1. The second kappa shape index (κ2) is 9.38. The van der Waals surface area contributed by atoms with Crippen LogP contribution in [0.2, 0.25) is 0 Å². The molecule has 2 aromatic carbocycles. The lowest BCUT2D eigenvalue weighted by Gasteiger charge is -2.24. The number of aromatic hydroxyl groups is 1. The predicted molar refractivity (Wildman–Crippen MR) is 125 cm³/mol. The molecule has 0 saturated carbocycles. The van der Waals surface area contributed by atoms with Gasteiger partial charge in [-0.05, 0) is 45.0 Å². The van der Waals surface area contributed by atoms with E-state index in [1.54, 1.807) is 26.8 Å². The van der Waals surface area contributed by atoms with Crippen molar-refractivity contribution in [2.24, 2.45) is 0 Å². The molecule has 1 N–H and O–H groups in total. The topological polar surface area (TPSA) is 98.1 Å². The quantitative estimate of drug-likeness (QED) is 0.542. The number of hydrogen-bond donors (Lipinski definition) is 1. The summed E-state index contributed by atoms with van der Waals surface area (Å²) in [6.07, 6.45) is 0.659. The van der Waals surface area contributed by atoms with Crippen molar-refractivity contribution in [3.8, 4) is 22.8 Å². The highest BCUT2D eigenvalue weighted by Crippen LogP contribution is 2.39.